The van der Waals surface area contributed by atoms with E-state index in [0.717, 1.165) is 62.0 Å². The molecule has 2 aromatic carbocycles. The Morgan fingerprint density at radius 3 is 2.67 bits per heavy atom. The molecule has 5 rings (SSSR count). The zero-order valence-electron chi connectivity index (χ0n) is 19.2. The average Bonchev–Trinajstić information content (AvgIpc) is 3.49. The number of nitrogens with zero attached hydrogens (tertiary/aromatic N) is 3. The van der Waals surface area contributed by atoms with Gasteiger partial charge in [-0.05, 0) is 49.6 Å². The van der Waals surface area contributed by atoms with E-state index in [4.69, 9.17) is 9.72 Å². The molecule has 2 atom stereocenters. The van der Waals surface area contributed by atoms with Crippen LogP contribution in [0.4, 0.5) is 5.69 Å². The molecule has 2 aliphatic rings. The molecule has 0 aliphatic carbocycles. The molecule has 1 aromatic heterocycles. The number of hydrogen-bond donors (Lipinski definition) is 1. The number of carbonyl (C=O) groups excluding carboxylic acids is 1. The first kappa shape index (κ1) is 22.5. The minimum atomic E-state index is -0.141. The van der Waals surface area contributed by atoms with E-state index in [1.54, 1.807) is 11.3 Å². The number of amides is 1. The lowest BCUT2D eigenvalue weighted by Crippen LogP contribution is -2.53. The topological polar surface area (TPSA) is 57.7 Å². The Morgan fingerprint density at radius 1 is 1.15 bits per heavy atom. The van der Waals surface area contributed by atoms with Crippen LogP contribution in [0.25, 0.3) is 10.2 Å². The van der Waals surface area contributed by atoms with E-state index < -0.39 is 0 Å². The Labute approximate surface area is 199 Å². The summed E-state index contributed by atoms with van der Waals surface area (Å²) in [6.07, 6.45) is 3.57. The Hall–Kier alpha value is -2.32. The first-order valence-corrected chi connectivity index (χ1v) is 12.8. The van der Waals surface area contributed by atoms with Gasteiger partial charge in [-0.2, -0.15) is 0 Å². The van der Waals surface area contributed by atoms with E-state index in [1.807, 2.05) is 31.2 Å². The second-order valence-corrected chi connectivity index (χ2v) is 10.2. The van der Waals surface area contributed by atoms with Crippen LogP contribution < -0.4 is 5.32 Å². The maximum atomic E-state index is 12.9. The summed E-state index contributed by atoms with van der Waals surface area (Å²) in [4.78, 5) is 22.3. The third-order valence-electron chi connectivity index (χ3n) is 6.73. The number of hydrogen-bond acceptors (Lipinski definition) is 6. The molecule has 2 fully saturated rings. The Kier molecular flexibility index (Phi) is 7.02. The molecule has 3 aromatic rings. The predicted octanol–water partition coefficient (Wildman–Crippen LogP) is 4.01. The van der Waals surface area contributed by atoms with E-state index in [1.165, 1.54) is 23.1 Å². The van der Waals surface area contributed by atoms with Gasteiger partial charge in [-0.25, -0.2) is 4.98 Å². The third kappa shape index (κ3) is 5.61. The SMILES string of the molecule is C[C@@H](C(=O)Nc1ccc(Cc2nc3ccccc3s2)cc1)N1CCN(C[C@@H]2CCCO2)CC1. The number of nitrogens with one attached hydrogen (secondary N) is 1. The fourth-order valence-electron chi connectivity index (χ4n) is 4.70. The monoisotopic (exact) mass is 464 g/mol. The molecule has 174 valence electrons. The first-order chi connectivity index (χ1) is 16.1. The second kappa shape index (κ2) is 10.3. The zero-order chi connectivity index (χ0) is 22.6. The number of ether oxygens (including phenoxy) is 1. The Morgan fingerprint density at radius 2 is 1.94 bits per heavy atom. The van der Waals surface area contributed by atoms with Gasteiger partial charge in [-0.15, -0.1) is 11.3 Å². The number of aromatic nitrogens is 1. The number of carbonyl (C=O) groups is 1. The van der Waals surface area contributed by atoms with Crippen LogP contribution in [0.1, 0.15) is 30.3 Å². The van der Waals surface area contributed by atoms with Crippen molar-refractivity contribution < 1.29 is 9.53 Å². The maximum absolute atomic E-state index is 12.9. The van der Waals surface area contributed by atoms with Crippen molar-refractivity contribution >= 4 is 33.1 Å². The molecule has 6 nitrogen and oxygen atoms in total. The number of para-hydroxylation sites is 1. The standard InChI is InChI=1S/C26H32N4O2S/c1-19(30-14-12-29(13-15-30)18-22-5-4-16-32-22)26(31)27-21-10-8-20(9-11-21)17-25-28-23-6-2-3-7-24(23)33-25/h2-3,6-11,19,22H,4-5,12-18H2,1H3,(H,27,31)/t19-,22-/m0/s1. The quantitative estimate of drug-likeness (QED) is 0.573. The lowest BCUT2D eigenvalue weighted by atomic mass is 10.1. The number of thiazole rings is 1. The van der Waals surface area contributed by atoms with E-state index >= 15 is 0 Å². The summed E-state index contributed by atoms with van der Waals surface area (Å²) in [5.41, 5.74) is 3.10. The predicted molar refractivity (Wildman–Crippen MR) is 134 cm³/mol. The van der Waals surface area contributed by atoms with Crippen LogP contribution in [-0.2, 0) is 16.0 Å². The number of anilines is 1. The normalized spacial score (nSPS) is 20.8. The summed E-state index contributed by atoms with van der Waals surface area (Å²) in [5, 5.41) is 4.21. The number of benzene rings is 2. The van der Waals surface area contributed by atoms with Crippen molar-refractivity contribution in [2.45, 2.75) is 38.3 Å². The van der Waals surface area contributed by atoms with Gasteiger partial charge in [-0.3, -0.25) is 14.6 Å². The molecule has 1 N–H and O–H groups in total. The highest BCUT2D eigenvalue weighted by molar-refractivity contribution is 7.18. The summed E-state index contributed by atoms with van der Waals surface area (Å²) >= 11 is 1.74. The van der Waals surface area contributed by atoms with E-state index in [9.17, 15) is 4.79 Å². The third-order valence-corrected chi connectivity index (χ3v) is 7.77. The van der Waals surface area contributed by atoms with Crippen molar-refractivity contribution in [3.63, 3.8) is 0 Å². The van der Waals surface area contributed by atoms with Crippen LogP contribution in [0, 0.1) is 0 Å². The molecule has 0 spiro atoms. The van der Waals surface area contributed by atoms with Crippen molar-refractivity contribution in [3.8, 4) is 0 Å². The van der Waals surface area contributed by atoms with Gasteiger partial charge < -0.3 is 10.1 Å². The summed E-state index contributed by atoms with van der Waals surface area (Å²) in [6.45, 7) is 7.77. The van der Waals surface area contributed by atoms with Gasteiger partial charge in [0, 0.05) is 51.4 Å². The summed E-state index contributed by atoms with van der Waals surface area (Å²) in [5.74, 6) is 0.0569. The van der Waals surface area contributed by atoms with Crippen molar-refractivity contribution in [2.75, 3.05) is 44.6 Å². The smallest absolute Gasteiger partial charge is 0.241 e. The van der Waals surface area contributed by atoms with E-state index in [2.05, 4.69) is 39.4 Å². The fraction of sp³-hybridized carbons (Fsp3) is 0.462. The molecule has 1 amide bonds. The number of piperazine rings is 1. The highest BCUT2D eigenvalue weighted by Crippen LogP contribution is 2.24. The molecule has 0 saturated carbocycles. The lowest BCUT2D eigenvalue weighted by molar-refractivity contribution is -0.121. The summed E-state index contributed by atoms with van der Waals surface area (Å²) in [7, 11) is 0. The molecule has 2 saturated heterocycles. The molecule has 7 heteroatoms. The molecular weight excluding hydrogens is 432 g/mol. The zero-order valence-corrected chi connectivity index (χ0v) is 20.0. The van der Waals surface area contributed by atoms with Crippen LogP contribution in [-0.4, -0.2) is 72.2 Å². The largest absolute Gasteiger partial charge is 0.377 e. The van der Waals surface area contributed by atoms with E-state index in [0.29, 0.717) is 6.10 Å². The van der Waals surface area contributed by atoms with Gasteiger partial charge in [-0.1, -0.05) is 24.3 Å². The summed E-state index contributed by atoms with van der Waals surface area (Å²) < 4.78 is 6.99. The average molecular weight is 465 g/mol. The highest BCUT2D eigenvalue weighted by Gasteiger charge is 2.27. The molecule has 3 heterocycles. The van der Waals surface area contributed by atoms with Crippen molar-refractivity contribution in [3.05, 3.63) is 59.1 Å². The van der Waals surface area contributed by atoms with Crippen LogP contribution in [0.3, 0.4) is 0 Å². The van der Waals surface area contributed by atoms with Crippen molar-refractivity contribution in [1.82, 2.24) is 14.8 Å². The minimum Gasteiger partial charge on any atom is -0.377 e. The minimum absolute atomic E-state index is 0.0569. The fourth-order valence-corrected chi connectivity index (χ4v) is 5.70. The Bertz CT molecular complexity index is 1040. The van der Waals surface area contributed by atoms with Crippen LogP contribution in [0.2, 0.25) is 0 Å². The molecule has 2 aliphatic heterocycles. The maximum Gasteiger partial charge on any atom is 0.241 e. The number of rotatable bonds is 7. The van der Waals surface area contributed by atoms with Crippen LogP contribution in [0.5, 0.6) is 0 Å². The number of fused-ring (bicyclic) bond motifs is 1. The first-order valence-electron chi connectivity index (χ1n) is 12.0. The van der Waals surface area contributed by atoms with Gasteiger partial charge in [0.1, 0.15) is 0 Å². The van der Waals surface area contributed by atoms with Gasteiger partial charge in [0.05, 0.1) is 27.4 Å². The summed E-state index contributed by atoms with van der Waals surface area (Å²) in [6, 6.07) is 16.2. The lowest BCUT2D eigenvalue weighted by Gasteiger charge is -2.38. The van der Waals surface area contributed by atoms with Crippen LogP contribution in [0.15, 0.2) is 48.5 Å². The highest BCUT2D eigenvalue weighted by atomic mass is 32.1. The van der Waals surface area contributed by atoms with Gasteiger partial charge >= 0.3 is 0 Å². The second-order valence-electron chi connectivity index (χ2n) is 9.09. The van der Waals surface area contributed by atoms with Gasteiger partial charge in [0.25, 0.3) is 0 Å². The van der Waals surface area contributed by atoms with Crippen molar-refractivity contribution in [2.24, 2.45) is 0 Å². The van der Waals surface area contributed by atoms with Gasteiger partial charge in [0.2, 0.25) is 5.91 Å². The van der Waals surface area contributed by atoms with Gasteiger partial charge in [0.15, 0.2) is 0 Å². The molecular formula is C26H32N4O2S. The molecule has 0 radical (unpaired) electrons. The van der Waals surface area contributed by atoms with E-state index in [-0.39, 0.29) is 11.9 Å². The Balaban J connectivity index is 1.10. The molecule has 0 bridgehead atoms. The molecule has 33 heavy (non-hydrogen) atoms. The van der Waals surface area contributed by atoms with Crippen LogP contribution >= 0.6 is 11.3 Å². The van der Waals surface area contributed by atoms with Crippen molar-refractivity contribution in [1.29, 1.82) is 0 Å². The molecule has 0 unspecified atom stereocenters.